The van der Waals surface area contributed by atoms with Crippen LogP contribution in [-0.4, -0.2) is 11.2 Å². The lowest BCUT2D eigenvalue weighted by atomic mass is 9.59. The van der Waals surface area contributed by atoms with E-state index < -0.39 is 0 Å². The van der Waals surface area contributed by atoms with Crippen molar-refractivity contribution in [3.63, 3.8) is 0 Å². The van der Waals surface area contributed by atoms with Crippen LogP contribution < -0.4 is 0 Å². The maximum atomic E-state index is 10.3. The van der Waals surface area contributed by atoms with Crippen LogP contribution in [0.15, 0.2) is 35.5 Å². The van der Waals surface area contributed by atoms with Gasteiger partial charge < -0.3 is 5.11 Å². The van der Waals surface area contributed by atoms with Crippen LogP contribution in [0.4, 0.5) is 0 Å². The highest BCUT2D eigenvalue weighted by molar-refractivity contribution is 5.29. The Morgan fingerprint density at radius 1 is 1.16 bits per heavy atom. The number of fused-ring (bicyclic) bond motifs is 1. The first-order chi connectivity index (χ1) is 14.4. The third-order valence-corrected chi connectivity index (χ3v) is 9.54. The summed E-state index contributed by atoms with van der Waals surface area (Å²) < 4.78 is 0. The van der Waals surface area contributed by atoms with E-state index in [1.54, 1.807) is 5.57 Å². The molecule has 1 N–H and O–H groups in total. The Morgan fingerprint density at radius 3 is 2.52 bits per heavy atom. The average molecular weight is 427 g/mol. The summed E-state index contributed by atoms with van der Waals surface area (Å²) in [6.07, 6.45) is 15.8. The number of allylic oxidation sites excluding steroid dienone is 3. The minimum absolute atomic E-state index is 0.351. The van der Waals surface area contributed by atoms with Gasteiger partial charge in [0.2, 0.25) is 0 Å². The molecule has 3 aliphatic carbocycles. The van der Waals surface area contributed by atoms with Crippen LogP contribution in [0, 0.1) is 40.4 Å². The van der Waals surface area contributed by atoms with Gasteiger partial charge >= 0.3 is 0 Å². The second-order valence-electron chi connectivity index (χ2n) is 13.0. The van der Waals surface area contributed by atoms with Gasteiger partial charge in [-0.05, 0) is 104 Å². The molecule has 2 unspecified atom stereocenters. The van der Waals surface area contributed by atoms with E-state index in [0.29, 0.717) is 16.7 Å². The van der Waals surface area contributed by atoms with Crippen molar-refractivity contribution >= 4 is 0 Å². The van der Waals surface area contributed by atoms with Gasteiger partial charge in [-0.3, -0.25) is 0 Å². The summed E-state index contributed by atoms with van der Waals surface area (Å²) in [5.74, 6) is 3.66. The van der Waals surface area contributed by atoms with Crippen molar-refractivity contribution in [2.24, 2.45) is 40.4 Å². The van der Waals surface area contributed by atoms with Gasteiger partial charge in [0.15, 0.2) is 0 Å². The molecule has 0 bridgehead atoms. The Bertz CT molecular complexity index is 688. The molecule has 3 fully saturated rings. The SMILES string of the molecule is C=C1[C@H](C)C/C(=C\C=C2/CCC[C@@]3(C)C2CCC3[C@H](C)[C@H](C)CCC(C)(C)C)C[C@H]1O. The van der Waals surface area contributed by atoms with Gasteiger partial charge in [0.05, 0.1) is 6.10 Å². The monoisotopic (exact) mass is 426 g/mol. The van der Waals surface area contributed by atoms with Gasteiger partial charge in [0.1, 0.15) is 0 Å². The molecule has 0 aromatic carbocycles. The third-order valence-electron chi connectivity index (χ3n) is 9.54. The number of hydrogen-bond donors (Lipinski definition) is 1. The first kappa shape index (κ1) is 24.8. The molecule has 3 saturated carbocycles. The molecule has 0 aromatic heterocycles. The van der Waals surface area contributed by atoms with Gasteiger partial charge in [0, 0.05) is 0 Å². The van der Waals surface area contributed by atoms with Crippen LogP contribution in [-0.2, 0) is 0 Å². The van der Waals surface area contributed by atoms with Gasteiger partial charge in [-0.2, -0.15) is 0 Å². The van der Waals surface area contributed by atoms with Gasteiger partial charge in [-0.25, -0.2) is 0 Å². The standard InChI is InChI=1S/C30H50O/c1-20(15-17-29(5,6)7)22(3)26-13-14-27-25(10-9-16-30(26,27)8)12-11-24-18-21(2)23(4)28(31)19-24/h11-12,20-22,26-28,31H,4,9-10,13-19H2,1-3,5-8H3/b24-11+,25-12+/t20-,21-,22-,26?,27?,28-,30-/m1/s1. The molecule has 0 radical (unpaired) electrons. The molecule has 0 heterocycles. The molecule has 0 amide bonds. The number of rotatable bonds is 5. The predicted molar refractivity (Wildman–Crippen MR) is 135 cm³/mol. The van der Waals surface area contributed by atoms with Crippen LogP contribution in [0.1, 0.15) is 106 Å². The van der Waals surface area contributed by atoms with Crippen molar-refractivity contribution in [3.8, 4) is 0 Å². The highest BCUT2D eigenvalue weighted by Gasteiger charge is 2.51. The molecule has 31 heavy (non-hydrogen) atoms. The first-order valence-electron chi connectivity index (χ1n) is 13.2. The summed E-state index contributed by atoms with van der Waals surface area (Å²) in [5, 5.41) is 10.3. The van der Waals surface area contributed by atoms with Crippen molar-refractivity contribution in [2.45, 2.75) is 112 Å². The second-order valence-corrected chi connectivity index (χ2v) is 13.0. The summed E-state index contributed by atoms with van der Waals surface area (Å²) in [6, 6.07) is 0. The van der Waals surface area contributed by atoms with E-state index in [9.17, 15) is 5.11 Å². The van der Waals surface area contributed by atoms with E-state index in [2.05, 4.69) is 67.2 Å². The van der Waals surface area contributed by atoms with E-state index in [0.717, 1.165) is 42.1 Å². The lowest BCUT2D eigenvalue weighted by Gasteiger charge is -2.45. The van der Waals surface area contributed by atoms with Gasteiger partial charge in [-0.1, -0.05) is 78.3 Å². The molecule has 1 nitrogen and oxygen atoms in total. The van der Waals surface area contributed by atoms with Crippen molar-refractivity contribution in [2.75, 3.05) is 0 Å². The van der Waals surface area contributed by atoms with Crippen LogP contribution >= 0.6 is 0 Å². The fourth-order valence-electron chi connectivity index (χ4n) is 7.14. The smallest absolute Gasteiger partial charge is 0.0787 e. The Labute approximate surface area is 193 Å². The van der Waals surface area contributed by atoms with E-state index in [1.807, 2.05) is 0 Å². The number of aliphatic hydroxyl groups excluding tert-OH is 1. The van der Waals surface area contributed by atoms with Crippen molar-refractivity contribution in [1.29, 1.82) is 0 Å². The fraction of sp³-hybridized carbons (Fsp3) is 0.800. The number of aliphatic hydroxyl groups is 1. The Balaban J connectivity index is 1.71. The molecule has 0 saturated heterocycles. The molecule has 7 atom stereocenters. The van der Waals surface area contributed by atoms with E-state index >= 15 is 0 Å². The summed E-state index contributed by atoms with van der Waals surface area (Å²) in [5.41, 5.74) is 5.05. The lowest BCUT2D eigenvalue weighted by Crippen LogP contribution is -2.37. The Hall–Kier alpha value is -0.820. The summed E-state index contributed by atoms with van der Waals surface area (Å²) in [7, 11) is 0. The number of hydrogen-bond acceptors (Lipinski definition) is 1. The maximum absolute atomic E-state index is 10.3. The molecule has 0 aromatic rings. The van der Waals surface area contributed by atoms with Crippen LogP contribution in [0.25, 0.3) is 0 Å². The quantitative estimate of drug-likeness (QED) is 0.437. The topological polar surface area (TPSA) is 20.2 Å². The third kappa shape index (κ3) is 5.58. The molecule has 3 rings (SSSR count). The molecular formula is C30H50O. The van der Waals surface area contributed by atoms with Crippen molar-refractivity contribution in [3.05, 3.63) is 35.5 Å². The molecule has 3 aliphatic rings. The van der Waals surface area contributed by atoms with E-state index in [4.69, 9.17) is 0 Å². The zero-order valence-electron chi connectivity index (χ0n) is 21.6. The highest BCUT2D eigenvalue weighted by atomic mass is 16.3. The molecule has 1 heteroatoms. The van der Waals surface area contributed by atoms with Crippen LogP contribution in [0.5, 0.6) is 0 Å². The molecule has 0 aliphatic heterocycles. The maximum Gasteiger partial charge on any atom is 0.0787 e. The van der Waals surface area contributed by atoms with E-state index in [1.165, 1.54) is 50.5 Å². The largest absolute Gasteiger partial charge is 0.388 e. The average Bonchev–Trinajstić information content (AvgIpc) is 3.04. The zero-order valence-corrected chi connectivity index (χ0v) is 21.6. The zero-order chi connectivity index (χ0) is 23.0. The minimum atomic E-state index is -0.351. The summed E-state index contributed by atoms with van der Waals surface area (Å²) in [6.45, 7) is 21.1. The summed E-state index contributed by atoms with van der Waals surface area (Å²) >= 11 is 0. The fourth-order valence-corrected chi connectivity index (χ4v) is 7.14. The molecular weight excluding hydrogens is 376 g/mol. The van der Waals surface area contributed by atoms with Gasteiger partial charge in [-0.15, -0.1) is 0 Å². The Kier molecular flexibility index (Phi) is 7.67. The predicted octanol–water partition coefficient (Wildman–Crippen LogP) is 8.50. The highest BCUT2D eigenvalue weighted by Crippen LogP contribution is 2.60. The van der Waals surface area contributed by atoms with Crippen molar-refractivity contribution in [1.82, 2.24) is 0 Å². The summed E-state index contributed by atoms with van der Waals surface area (Å²) in [4.78, 5) is 0. The Morgan fingerprint density at radius 2 is 1.87 bits per heavy atom. The molecule has 176 valence electrons. The first-order valence-corrected chi connectivity index (χ1v) is 13.2. The van der Waals surface area contributed by atoms with Crippen molar-refractivity contribution < 1.29 is 5.11 Å². The minimum Gasteiger partial charge on any atom is -0.388 e. The second kappa shape index (κ2) is 9.58. The van der Waals surface area contributed by atoms with E-state index in [-0.39, 0.29) is 6.10 Å². The lowest BCUT2D eigenvalue weighted by molar-refractivity contribution is 0.0714. The van der Waals surface area contributed by atoms with Crippen LogP contribution in [0.3, 0.4) is 0 Å². The molecule has 0 spiro atoms. The normalized spacial score (nSPS) is 39.0. The van der Waals surface area contributed by atoms with Crippen LogP contribution in [0.2, 0.25) is 0 Å². The van der Waals surface area contributed by atoms with Gasteiger partial charge in [0.25, 0.3) is 0 Å².